The Kier molecular flexibility index (Phi) is 6.98. The molecule has 0 bridgehead atoms. The summed E-state index contributed by atoms with van der Waals surface area (Å²) < 4.78 is 38.3. The van der Waals surface area contributed by atoms with Gasteiger partial charge in [0.25, 0.3) is 6.57 Å². The second kappa shape index (κ2) is 8.25. The fourth-order valence-corrected chi connectivity index (χ4v) is 7.15. The third kappa shape index (κ3) is 5.92. The Morgan fingerprint density at radius 1 is 1.20 bits per heavy atom. The maximum Gasteiger partial charge on any atom is 0.392 e. The Labute approximate surface area is 155 Å². The van der Waals surface area contributed by atoms with Crippen molar-refractivity contribution in [3.8, 4) is 0 Å². The van der Waals surface area contributed by atoms with Gasteiger partial charge in [-0.15, -0.1) is 0 Å². The van der Waals surface area contributed by atoms with E-state index in [0.717, 1.165) is 6.66 Å². The van der Waals surface area contributed by atoms with Gasteiger partial charge in [0.05, 0.1) is 6.61 Å². The van der Waals surface area contributed by atoms with Crippen LogP contribution in [-0.4, -0.2) is 53.7 Å². The molecular weight excluding hydrogens is 410 g/mol. The molecule has 8 nitrogen and oxygen atoms in total. The number of carbonyl (C=O) groups excluding carboxylic acids is 1. The van der Waals surface area contributed by atoms with Gasteiger partial charge >= 0.3 is 6.80 Å². The summed E-state index contributed by atoms with van der Waals surface area (Å²) in [7, 11) is 0. The molecule has 1 aromatic rings. The van der Waals surface area contributed by atoms with Gasteiger partial charge in [0.15, 0.2) is 5.78 Å². The highest BCUT2D eigenvalue weighted by Gasteiger charge is 2.47. The number of carbonyl (C=O) groups is 1. The molecule has 1 aliphatic rings. The minimum atomic E-state index is -4.02. The molecule has 0 saturated carbocycles. The third-order valence-electron chi connectivity index (χ3n) is 3.34. The average molecular weight is 428 g/mol. The summed E-state index contributed by atoms with van der Waals surface area (Å²) in [6, 6.07) is 8.14. The highest BCUT2D eigenvalue weighted by Crippen LogP contribution is 2.67. The molecule has 0 aliphatic carbocycles. The van der Waals surface area contributed by atoms with Gasteiger partial charge in [0.2, 0.25) is 0 Å². The van der Waals surface area contributed by atoms with Gasteiger partial charge in [0, 0.05) is 12.2 Å². The highest BCUT2D eigenvalue weighted by molar-refractivity contribution is 8.51. The lowest BCUT2D eigenvalue weighted by molar-refractivity contribution is -0.0110. The van der Waals surface area contributed by atoms with Crippen molar-refractivity contribution in [1.29, 1.82) is 0 Å². The van der Waals surface area contributed by atoms with E-state index in [1.165, 1.54) is 0 Å². The number of ether oxygens (including phenoxy) is 1. The minimum Gasteiger partial charge on any atom is -0.387 e. The number of rotatable bonds is 7. The van der Waals surface area contributed by atoms with Crippen LogP contribution in [-0.2, 0) is 22.7 Å². The molecule has 0 spiro atoms. The first kappa shape index (κ1) is 21.2. The van der Waals surface area contributed by atoms with E-state index in [9.17, 15) is 24.1 Å². The minimum absolute atomic E-state index is 0.311. The van der Waals surface area contributed by atoms with Crippen LogP contribution in [0.3, 0.4) is 0 Å². The van der Waals surface area contributed by atoms with Gasteiger partial charge in [-0.05, 0) is 0 Å². The summed E-state index contributed by atoms with van der Waals surface area (Å²) in [6.45, 7) is -6.82. The van der Waals surface area contributed by atoms with Gasteiger partial charge in [-0.1, -0.05) is 54.8 Å². The fraction of sp³-hybridized carbons (Fsp3) is 0.462. The standard InChI is InChI=1S/C13H18O8P2S2/c1-22(17,24)21-23(18,25)19-7-9-11(15)12(16)13(20-9)10(14)8-5-3-2-4-6-8/h2-6,9,11-13,15-16H,7H2,1H3,(H,17,24)(H,18,25). The van der Waals surface area contributed by atoms with Crippen LogP contribution in [0.4, 0.5) is 0 Å². The molecule has 1 heterocycles. The number of hydrogen-bond donors (Lipinski definition) is 4. The lowest BCUT2D eigenvalue weighted by atomic mass is 10.0. The Hall–Kier alpha value is -0.150. The Morgan fingerprint density at radius 3 is 2.36 bits per heavy atom. The number of aliphatic hydroxyl groups excluding tert-OH is 2. The van der Waals surface area contributed by atoms with Crippen molar-refractivity contribution in [3.05, 3.63) is 35.9 Å². The predicted octanol–water partition coefficient (Wildman–Crippen LogP) is 2.18. The monoisotopic (exact) mass is 428 g/mol. The van der Waals surface area contributed by atoms with Gasteiger partial charge in [-0.25, -0.2) is 8.88 Å². The second-order valence-electron chi connectivity index (χ2n) is 5.46. The SMILES string of the molecule is CP(=O)(S)OP(=O)(S)OCC1OC(C(=O)c2ccccc2)C(O)C1O. The van der Waals surface area contributed by atoms with E-state index in [1.54, 1.807) is 30.3 Å². The zero-order valence-corrected chi connectivity index (χ0v) is 16.6. The average Bonchev–Trinajstić information content (AvgIpc) is 2.79. The molecule has 25 heavy (non-hydrogen) atoms. The van der Waals surface area contributed by atoms with E-state index in [2.05, 4.69) is 28.8 Å². The molecule has 2 rings (SSSR count). The molecule has 1 aliphatic heterocycles. The maximum absolute atomic E-state index is 12.4. The first-order valence-electron chi connectivity index (χ1n) is 7.10. The van der Waals surface area contributed by atoms with E-state index in [1.807, 2.05) is 0 Å². The quantitative estimate of drug-likeness (QED) is 0.297. The summed E-state index contributed by atoms with van der Waals surface area (Å²) in [5, 5.41) is 20.1. The first-order chi connectivity index (χ1) is 11.5. The molecule has 6 atom stereocenters. The van der Waals surface area contributed by atoms with Crippen LogP contribution in [0.15, 0.2) is 30.3 Å². The number of aliphatic hydroxyl groups is 2. The van der Waals surface area contributed by atoms with Crippen molar-refractivity contribution < 1.29 is 37.7 Å². The molecule has 12 heteroatoms. The van der Waals surface area contributed by atoms with Crippen molar-refractivity contribution in [1.82, 2.24) is 0 Å². The summed E-state index contributed by atoms with van der Waals surface area (Å²) in [6.07, 6.45) is -5.37. The van der Waals surface area contributed by atoms with Crippen molar-refractivity contribution in [2.45, 2.75) is 24.4 Å². The smallest absolute Gasteiger partial charge is 0.387 e. The second-order valence-corrected chi connectivity index (χ2v) is 12.6. The zero-order valence-electron chi connectivity index (χ0n) is 13.0. The predicted molar refractivity (Wildman–Crippen MR) is 97.6 cm³/mol. The lowest BCUT2D eigenvalue weighted by Gasteiger charge is -2.19. The van der Waals surface area contributed by atoms with Crippen LogP contribution in [0.25, 0.3) is 0 Å². The molecule has 1 saturated heterocycles. The van der Waals surface area contributed by atoms with E-state index >= 15 is 0 Å². The van der Waals surface area contributed by atoms with Crippen LogP contribution in [0, 0.1) is 0 Å². The van der Waals surface area contributed by atoms with Gasteiger partial charge in [0.1, 0.15) is 24.4 Å². The molecule has 0 aromatic heterocycles. The number of ketones is 1. The Bertz CT molecular complexity index is 709. The molecule has 0 amide bonds. The number of benzene rings is 1. The summed E-state index contributed by atoms with van der Waals surface area (Å²) in [5.74, 6) is -0.506. The molecule has 0 radical (unpaired) electrons. The van der Waals surface area contributed by atoms with Gasteiger partial charge in [-0.3, -0.25) is 13.9 Å². The Balaban J connectivity index is 2.01. The largest absolute Gasteiger partial charge is 0.392 e. The molecule has 6 unspecified atom stereocenters. The molecule has 1 fully saturated rings. The summed E-state index contributed by atoms with van der Waals surface area (Å²) in [5.41, 5.74) is 0.311. The molecule has 140 valence electrons. The van der Waals surface area contributed by atoms with Crippen LogP contribution in [0.5, 0.6) is 0 Å². The molecular formula is C13H18O8P2S2. The fourth-order valence-electron chi connectivity index (χ4n) is 2.25. The maximum atomic E-state index is 12.4. The first-order valence-corrected chi connectivity index (χ1v) is 13.0. The molecule has 2 N–H and O–H groups in total. The zero-order chi connectivity index (χ0) is 18.8. The highest BCUT2D eigenvalue weighted by atomic mass is 32.7. The summed E-state index contributed by atoms with van der Waals surface area (Å²) >= 11 is 7.28. The number of thiol groups is 2. The van der Waals surface area contributed by atoms with E-state index in [-0.39, 0.29) is 0 Å². The van der Waals surface area contributed by atoms with Gasteiger partial charge in [-0.2, -0.15) is 0 Å². The van der Waals surface area contributed by atoms with E-state index in [0.29, 0.717) is 5.56 Å². The van der Waals surface area contributed by atoms with Crippen LogP contribution in [0.2, 0.25) is 0 Å². The van der Waals surface area contributed by atoms with E-state index < -0.39 is 50.2 Å². The molecule has 1 aromatic carbocycles. The normalized spacial score (nSPS) is 31.2. The third-order valence-corrected chi connectivity index (χ3v) is 7.51. The van der Waals surface area contributed by atoms with Crippen molar-refractivity contribution >= 4 is 43.6 Å². The topological polar surface area (TPSA) is 119 Å². The van der Waals surface area contributed by atoms with Crippen LogP contribution >= 0.6 is 37.9 Å². The van der Waals surface area contributed by atoms with Gasteiger partial charge < -0.3 is 14.9 Å². The Morgan fingerprint density at radius 2 is 1.80 bits per heavy atom. The van der Waals surface area contributed by atoms with Crippen molar-refractivity contribution in [3.63, 3.8) is 0 Å². The number of Topliss-reactive ketones (excluding diaryl/α,β-unsaturated/α-hetero) is 1. The summed E-state index contributed by atoms with van der Waals surface area (Å²) in [4.78, 5) is 12.4. The van der Waals surface area contributed by atoms with Crippen molar-refractivity contribution in [2.24, 2.45) is 0 Å². The number of hydrogen-bond acceptors (Lipinski definition) is 8. The lowest BCUT2D eigenvalue weighted by Crippen LogP contribution is -2.37. The van der Waals surface area contributed by atoms with Crippen molar-refractivity contribution in [2.75, 3.05) is 13.3 Å². The van der Waals surface area contributed by atoms with E-state index in [4.69, 9.17) is 9.26 Å². The van der Waals surface area contributed by atoms with Crippen LogP contribution < -0.4 is 0 Å². The van der Waals surface area contributed by atoms with Crippen LogP contribution in [0.1, 0.15) is 10.4 Å².